The number of carbonyl (C=O) groups excluding carboxylic acids is 1. The largest absolute Gasteiger partial charge is 0.493 e. The Morgan fingerprint density at radius 1 is 0.837 bits per heavy atom. The number of anilines is 1. The van der Waals surface area contributed by atoms with E-state index in [1.165, 1.54) is 37.6 Å². The van der Waals surface area contributed by atoms with Crippen LogP contribution in [0, 0.1) is 5.82 Å². The van der Waals surface area contributed by atoms with Crippen LogP contribution in [-0.4, -0.2) is 59.3 Å². The van der Waals surface area contributed by atoms with Gasteiger partial charge in [0.05, 0.1) is 42.1 Å². The maximum atomic E-state index is 15.5. The monoisotopic (exact) mass is 657 g/mol. The van der Waals surface area contributed by atoms with Gasteiger partial charge in [-0.3, -0.25) is 4.79 Å². The van der Waals surface area contributed by atoms with Gasteiger partial charge in [0.2, 0.25) is 0 Å². The van der Waals surface area contributed by atoms with Gasteiger partial charge in [0.1, 0.15) is 5.52 Å². The van der Waals surface area contributed by atoms with Gasteiger partial charge >= 0.3 is 0 Å². The number of fused-ring (bicyclic) bond motifs is 2. The summed E-state index contributed by atoms with van der Waals surface area (Å²) in [6.45, 7) is 3.84. The Labute approximate surface area is 283 Å². The van der Waals surface area contributed by atoms with Gasteiger partial charge in [0, 0.05) is 35.3 Å². The molecule has 0 unspecified atom stereocenters. The summed E-state index contributed by atoms with van der Waals surface area (Å²) in [5.74, 6) is 0.292. The van der Waals surface area contributed by atoms with Crippen molar-refractivity contribution in [2.75, 3.05) is 38.7 Å². The second-order valence-corrected chi connectivity index (χ2v) is 12.0. The van der Waals surface area contributed by atoms with Crippen molar-refractivity contribution >= 4 is 33.4 Å². The Morgan fingerprint density at radius 3 is 2.47 bits per heavy atom. The Kier molecular flexibility index (Phi) is 9.56. The molecule has 0 bridgehead atoms. The zero-order valence-electron chi connectivity index (χ0n) is 27.2. The van der Waals surface area contributed by atoms with Crippen LogP contribution in [0.2, 0.25) is 0 Å². The molecule has 1 saturated heterocycles. The quantitative estimate of drug-likeness (QED) is 0.139. The molecule has 7 rings (SSSR count). The third-order valence-electron chi connectivity index (χ3n) is 8.65. The van der Waals surface area contributed by atoms with Crippen molar-refractivity contribution in [2.24, 2.45) is 0 Å². The number of hydrogen-bond donors (Lipinski definition) is 1. The number of methoxy groups -OCH3 is 1. The number of benzene rings is 4. The number of para-hydroxylation sites is 1. The fourth-order valence-corrected chi connectivity index (χ4v) is 6.15. The van der Waals surface area contributed by atoms with Gasteiger partial charge in [-0.25, -0.2) is 9.37 Å². The number of halogens is 1. The van der Waals surface area contributed by atoms with E-state index in [1.54, 1.807) is 31.4 Å². The molecular weight excluding hydrogens is 621 g/mol. The highest BCUT2D eigenvalue weighted by Crippen LogP contribution is 2.37. The lowest BCUT2D eigenvalue weighted by molar-refractivity contribution is 0.102. The minimum absolute atomic E-state index is 0.0370. The first-order chi connectivity index (χ1) is 24.1. The predicted molar refractivity (Wildman–Crippen MR) is 188 cm³/mol. The molecule has 1 aliphatic heterocycles. The molecule has 2 aromatic heterocycles. The molecule has 0 saturated carbocycles. The number of hydrogen-bond acceptors (Lipinski definition) is 8. The zero-order valence-corrected chi connectivity index (χ0v) is 27.2. The van der Waals surface area contributed by atoms with Crippen LogP contribution in [0.3, 0.4) is 0 Å². The molecule has 248 valence electrons. The predicted octanol–water partition coefficient (Wildman–Crippen LogP) is 8.29. The lowest BCUT2D eigenvalue weighted by Crippen LogP contribution is -2.31. The number of likely N-dealkylation sites (tertiary alicyclic amines) is 1. The molecule has 6 aromatic rings. The number of nitrogens with zero attached hydrogens (tertiary/aromatic N) is 4. The van der Waals surface area contributed by atoms with Crippen molar-refractivity contribution in [1.29, 1.82) is 0 Å². The van der Waals surface area contributed by atoms with Crippen LogP contribution >= 0.6 is 0 Å². The molecule has 0 radical (unpaired) electrons. The average molecular weight is 658 g/mol. The first-order valence-electron chi connectivity index (χ1n) is 16.5. The van der Waals surface area contributed by atoms with Crippen molar-refractivity contribution in [3.8, 4) is 34.3 Å². The molecule has 9 nitrogen and oxygen atoms in total. The third kappa shape index (κ3) is 7.29. The Balaban J connectivity index is 1.07. The maximum Gasteiger partial charge on any atom is 0.256 e. The molecule has 3 heterocycles. The van der Waals surface area contributed by atoms with Gasteiger partial charge in [-0.15, -0.1) is 0 Å². The highest BCUT2D eigenvalue weighted by Gasteiger charge is 2.18. The molecule has 0 aliphatic carbocycles. The van der Waals surface area contributed by atoms with Gasteiger partial charge in [-0.05, 0) is 62.7 Å². The van der Waals surface area contributed by atoms with Crippen molar-refractivity contribution in [3.05, 3.63) is 109 Å². The van der Waals surface area contributed by atoms with E-state index in [-0.39, 0.29) is 17.3 Å². The van der Waals surface area contributed by atoms with Crippen molar-refractivity contribution in [2.45, 2.75) is 25.7 Å². The van der Waals surface area contributed by atoms with Crippen LogP contribution in [-0.2, 0) is 0 Å². The van der Waals surface area contributed by atoms with Gasteiger partial charge in [-0.1, -0.05) is 55.0 Å². The maximum absolute atomic E-state index is 15.5. The molecule has 1 aliphatic rings. The van der Waals surface area contributed by atoms with Crippen LogP contribution < -0.4 is 19.5 Å². The summed E-state index contributed by atoms with van der Waals surface area (Å²) >= 11 is 0. The highest BCUT2D eigenvalue weighted by molar-refractivity contribution is 6.13. The van der Waals surface area contributed by atoms with Gasteiger partial charge in [0.25, 0.3) is 5.91 Å². The Bertz CT molecular complexity index is 2100. The fraction of sp³-hybridized carbons (Fsp3) is 0.231. The van der Waals surface area contributed by atoms with E-state index < -0.39 is 5.82 Å². The molecule has 4 aromatic carbocycles. The highest BCUT2D eigenvalue weighted by atomic mass is 19.1. The summed E-state index contributed by atoms with van der Waals surface area (Å²) in [6, 6.07) is 26.6. The smallest absolute Gasteiger partial charge is 0.256 e. The summed E-state index contributed by atoms with van der Waals surface area (Å²) in [4.78, 5) is 20.8. The first-order valence-corrected chi connectivity index (χ1v) is 16.5. The summed E-state index contributed by atoms with van der Waals surface area (Å²) in [5.41, 5.74) is 3.47. The number of rotatable bonds is 11. The van der Waals surface area contributed by atoms with Crippen LogP contribution in [0.5, 0.6) is 23.0 Å². The average Bonchev–Trinajstić information content (AvgIpc) is 3.14. The molecule has 1 N–H and O–H groups in total. The number of pyridine rings is 1. The number of carbonyl (C=O) groups is 1. The summed E-state index contributed by atoms with van der Waals surface area (Å²) in [7, 11) is 1.57. The minimum Gasteiger partial charge on any atom is -0.493 e. The zero-order chi connectivity index (χ0) is 33.6. The SMILES string of the molecule is COc1cc2c(Oc3ccc(NC(=O)c4cc(-c5ccccc5)nc5ccccc45)cc3F)cnnc2cc1OCCCN1CCCCC1. The molecule has 10 heteroatoms. The second kappa shape index (κ2) is 14.7. The van der Waals surface area contributed by atoms with E-state index in [4.69, 9.17) is 19.2 Å². The van der Waals surface area contributed by atoms with E-state index in [1.807, 2.05) is 54.6 Å². The molecule has 0 spiro atoms. The van der Waals surface area contributed by atoms with E-state index in [9.17, 15) is 4.79 Å². The summed E-state index contributed by atoms with van der Waals surface area (Å²) in [5, 5.41) is 12.4. The molecular formula is C39H36FN5O4. The van der Waals surface area contributed by atoms with E-state index in [2.05, 4.69) is 20.4 Å². The third-order valence-corrected chi connectivity index (χ3v) is 8.65. The van der Waals surface area contributed by atoms with Crippen molar-refractivity contribution in [1.82, 2.24) is 20.1 Å². The second-order valence-electron chi connectivity index (χ2n) is 12.0. The summed E-state index contributed by atoms with van der Waals surface area (Å²) < 4.78 is 33.2. The lowest BCUT2D eigenvalue weighted by Gasteiger charge is -2.26. The molecule has 0 atom stereocenters. The van der Waals surface area contributed by atoms with Crippen LogP contribution in [0.1, 0.15) is 36.0 Å². The van der Waals surface area contributed by atoms with Crippen LogP contribution in [0.15, 0.2) is 97.2 Å². The number of amides is 1. The van der Waals surface area contributed by atoms with E-state index in [0.29, 0.717) is 56.9 Å². The van der Waals surface area contributed by atoms with E-state index in [0.717, 1.165) is 31.6 Å². The standard InChI is InChI=1S/C39H36FN5O4/c1-47-36-23-30-34(24-37(36)48-20-10-19-45-17-8-3-9-18-45)44-41-25-38(30)49-35-16-15-27(21-31(35)40)42-39(46)29-22-33(26-11-4-2-5-12-26)43-32-14-7-6-13-28(29)32/h2,4-7,11-16,21-25H,3,8-10,17-20H2,1H3,(H,42,46). The van der Waals surface area contributed by atoms with Gasteiger partial charge < -0.3 is 24.4 Å². The van der Waals surface area contributed by atoms with Crippen molar-refractivity contribution < 1.29 is 23.4 Å². The topological polar surface area (TPSA) is 98.7 Å². The number of nitrogens with one attached hydrogen (secondary N) is 1. The number of aromatic nitrogens is 3. The van der Waals surface area contributed by atoms with Crippen LogP contribution in [0.25, 0.3) is 33.1 Å². The normalized spacial score (nSPS) is 13.3. The fourth-order valence-electron chi connectivity index (χ4n) is 6.15. The van der Waals surface area contributed by atoms with Gasteiger partial charge in [0.15, 0.2) is 28.8 Å². The Hall–Kier alpha value is -5.61. The lowest BCUT2D eigenvalue weighted by atomic mass is 10.0. The van der Waals surface area contributed by atoms with Crippen LogP contribution in [0.4, 0.5) is 10.1 Å². The number of ether oxygens (including phenoxy) is 3. The molecule has 1 fully saturated rings. The van der Waals surface area contributed by atoms with E-state index >= 15 is 4.39 Å². The number of piperidine rings is 1. The minimum atomic E-state index is -0.659. The first kappa shape index (κ1) is 32.0. The molecule has 49 heavy (non-hydrogen) atoms. The summed E-state index contributed by atoms with van der Waals surface area (Å²) in [6.07, 6.45) is 6.15. The van der Waals surface area contributed by atoms with Crippen molar-refractivity contribution in [3.63, 3.8) is 0 Å². The Morgan fingerprint density at radius 2 is 1.65 bits per heavy atom. The molecule has 1 amide bonds. The van der Waals surface area contributed by atoms with Gasteiger partial charge in [-0.2, -0.15) is 10.2 Å².